The Hall–Kier alpha value is -2.08. The van der Waals surface area contributed by atoms with Gasteiger partial charge in [-0.3, -0.25) is 0 Å². The van der Waals surface area contributed by atoms with Crippen molar-refractivity contribution in [3.8, 4) is 0 Å². The summed E-state index contributed by atoms with van der Waals surface area (Å²) in [6.45, 7) is 2.05. The van der Waals surface area contributed by atoms with Crippen LogP contribution in [-0.2, 0) is 12.8 Å². The van der Waals surface area contributed by atoms with Gasteiger partial charge in [0.2, 0.25) is 0 Å². The Kier molecular flexibility index (Phi) is 3.03. The standard InChI is InChI=1S/C15H15N5S/c1-9(13-16-6-3-7-17-13)20-14-12-10-4-2-5-11(10)21-15(12)19-8-18-14/h3,6-9H,2,4-5H2,1H3,(H,18,19,20). The first-order chi connectivity index (χ1) is 10.3. The van der Waals surface area contributed by atoms with Crippen molar-refractivity contribution >= 4 is 27.4 Å². The van der Waals surface area contributed by atoms with E-state index < -0.39 is 0 Å². The fourth-order valence-electron chi connectivity index (χ4n) is 2.84. The van der Waals surface area contributed by atoms with Crippen LogP contribution in [0.3, 0.4) is 0 Å². The Bertz CT molecular complexity index is 783. The molecule has 1 atom stereocenters. The van der Waals surface area contributed by atoms with Gasteiger partial charge in [-0.05, 0) is 37.8 Å². The summed E-state index contributed by atoms with van der Waals surface area (Å²) in [5.41, 5.74) is 1.43. The van der Waals surface area contributed by atoms with Crippen LogP contribution in [0.1, 0.15) is 35.7 Å². The van der Waals surface area contributed by atoms with Crippen LogP contribution in [0.5, 0.6) is 0 Å². The van der Waals surface area contributed by atoms with Crippen molar-refractivity contribution in [2.75, 3.05) is 5.32 Å². The number of hydrogen-bond donors (Lipinski definition) is 1. The Morgan fingerprint density at radius 3 is 2.86 bits per heavy atom. The maximum absolute atomic E-state index is 4.45. The summed E-state index contributed by atoms with van der Waals surface area (Å²) < 4.78 is 0. The third-order valence-electron chi connectivity index (χ3n) is 3.83. The first-order valence-corrected chi connectivity index (χ1v) is 7.93. The van der Waals surface area contributed by atoms with E-state index in [4.69, 9.17) is 0 Å². The van der Waals surface area contributed by atoms with E-state index in [2.05, 4.69) is 32.2 Å². The smallest absolute Gasteiger partial charge is 0.150 e. The second-order valence-corrected chi connectivity index (χ2v) is 6.32. The average molecular weight is 297 g/mol. The number of aryl methyl sites for hydroxylation is 2. The highest BCUT2D eigenvalue weighted by atomic mass is 32.1. The fourth-order valence-corrected chi connectivity index (χ4v) is 4.07. The summed E-state index contributed by atoms with van der Waals surface area (Å²) in [6, 6.07) is 1.84. The molecule has 1 N–H and O–H groups in total. The first kappa shape index (κ1) is 12.6. The van der Waals surface area contributed by atoms with Crippen LogP contribution < -0.4 is 5.32 Å². The maximum atomic E-state index is 4.45. The molecular weight excluding hydrogens is 282 g/mol. The number of rotatable bonds is 3. The lowest BCUT2D eigenvalue weighted by Crippen LogP contribution is -2.11. The molecule has 3 aromatic heterocycles. The van der Waals surface area contributed by atoms with E-state index in [1.807, 2.05) is 6.07 Å². The summed E-state index contributed by atoms with van der Waals surface area (Å²) >= 11 is 1.80. The molecule has 0 spiro atoms. The highest BCUT2D eigenvalue weighted by Crippen LogP contribution is 2.39. The number of thiophene rings is 1. The molecular formula is C15H15N5S. The number of nitrogens with zero attached hydrogens (tertiary/aromatic N) is 4. The van der Waals surface area contributed by atoms with Crippen molar-refractivity contribution in [2.24, 2.45) is 0 Å². The zero-order chi connectivity index (χ0) is 14.2. The zero-order valence-corrected chi connectivity index (χ0v) is 12.5. The SMILES string of the molecule is CC(Nc1ncnc2sc3c(c12)CCC3)c1ncccn1. The summed E-state index contributed by atoms with van der Waals surface area (Å²) in [4.78, 5) is 20.0. The average Bonchev–Trinajstić information content (AvgIpc) is 3.09. The first-order valence-electron chi connectivity index (χ1n) is 7.11. The van der Waals surface area contributed by atoms with Crippen molar-refractivity contribution in [2.45, 2.75) is 32.2 Å². The molecule has 1 aliphatic carbocycles. The molecule has 0 aromatic carbocycles. The quantitative estimate of drug-likeness (QED) is 0.804. The lowest BCUT2D eigenvalue weighted by molar-refractivity contribution is 0.784. The second kappa shape index (κ2) is 5.04. The summed E-state index contributed by atoms with van der Waals surface area (Å²) in [5.74, 6) is 1.68. The highest BCUT2D eigenvalue weighted by molar-refractivity contribution is 7.19. The Morgan fingerprint density at radius 2 is 2.00 bits per heavy atom. The molecule has 106 valence electrons. The van der Waals surface area contributed by atoms with E-state index >= 15 is 0 Å². The molecule has 0 amide bonds. The van der Waals surface area contributed by atoms with E-state index in [1.165, 1.54) is 28.7 Å². The Morgan fingerprint density at radius 1 is 1.14 bits per heavy atom. The minimum absolute atomic E-state index is 0.0150. The van der Waals surface area contributed by atoms with Crippen LogP contribution in [0.15, 0.2) is 24.8 Å². The lowest BCUT2D eigenvalue weighted by Gasteiger charge is -2.13. The summed E-state index contributed by atoms with van der Waals surface area (Å²) in [7, 11) is 0. The summed E-state index contributed by atoms with van der Waals surface area (Å²) in [6.07, 6.45) is 8.70. The highest BCUT2D eigenvalue weighted by Gasteiger charge is 2.22. The third kappa shape index (κ3) is 2.15. The maximum Gasteiger partial charge on any atom is 0.150 e. The molecule has 0 saturated heterocycles. The topological polar surface area (TPSA) is 63.6 Å². The third-order valence-corrected chi connectivity index (χ3v) is 5.03. The van der Waals surface area contributed by atoms with Gasteiger partial charge >= 0.3 is 0 Å². The van der Waals surface area contributed by atoms with Crippen molar-refractivity contribution in [1.82, 2.24) is 19.9 Å². The van der Waals surface area contributed by atoms with Crippen LogP contribution in [0.4, 0.5) is 5.82 Å². The van der Waals surface area contributed by atoms with E-state index in [1.54, 1.807) is 30.1 Å². The molecule has 21 heavy (non-hydrogen) atoms. The summed E-state index contributed by atoms with van der Waals surface area (Å²) in [5, 5.41) is 4.64. The lowest BCUT2D eigenvalue weighted by atomic mass is 10.2. The number of nitrogens with one attached hydrogen (secondary N) is 1. The van der Waals surface area contributed by atoms with Crippen molar-refractivity contribution in [3.05, 3.63) is 41.1 Å². The molecule has 3 heterocycles. The van der Waals surface area contributed by atoms with E-state index in [9.17, 15) is 0 Å². The van der Waals surface area contributed by atoms with E-state index in [0.29, 0.717) is 0 Å². The Balaban J connectivity index is 1.74. The predicted octanol–water partition coefficient (Wildman–Crippen LogP) is 3.14. The van der Waals surface area contributed by atoms with Gasteiger partial charge < -0.3 is 5.32 Å². The van der Waals surface area contributed by atoms with Gasteiger partial charge in [-0.15, -0.1) is 11.3 Å². The van der Waals surface area contributed by atoms with Gasteiger partial charge in [0.25, 0.3) is 0 Å². The van der Waals surface area contributed by atoms with Crippen LogP contribution in [0.2, 0.25) is 0 Å². The molecule has 0 aliphatic heterocycles. The molecule has 6 heteroatoms. The van der Waals surface area contributed by atoms with Gasteiger partial charge in [-0.2, -0.15) is 0 Å². The number of anilines is 1. The molecule has 5 nitrogen and oxygen atoms in total. The van der Waals surface area contributed by atoms with Gasteiger partial charge in [0, 0.05) is 17.3 Å². The van der Waals surface area contributed by atoms with Crippen molar-refractivity contribution in [3.63, 3.8) is 0 Å². The van der Waals surface area contributed by atoms with Crippen LogP contribution >= 0.6 is 11.3 Å². The molecule has 1 unspecified atom stereocenters. The molecule has 0 fully saturated rings. The van der Waals surface area contributed by atoms with E-state index in [0.717, 1.165) is 22.9 Å². The predicted molar refractivity (Wildman–Crippen MR) is 83.5 cm³/mol. The van der Waals surface area contributed by atoms with Gasteiger partial charge in [-0.1, -0.05) is 0 Å². The molecule has 0 bridgehead atoms. The minimum atomic E-state index is 0.0150. The molecule has 1 aliphatic rings. The Labute approximate surface area is 126 Å². The van der Waals surface area contributed by atoms with Gasteiger partial charge in [-0.25, -0.2) is 19.9 Å². The molecule has 4 rings (SSSR count). The number of fused-ring (bicyclic) bond motifs is 3. The largest absolute Gasteiger partial charge is 0.360 e. The fraction of sp³-hybridized carbons (Fsp3) is 0.333. The minimum Gasteiger partial charge on any atom is -0.360 e. The van der Waals surface area contributed by atoms with Crippen LogP contribution in [-0.4, -0.2) is 19.9 Å². The van der Waals surface area contributed by atoms with Crippen LogP contribution in [0, 0.1) is 0 Å². The van der Waals surface area contributed by atoms with Gasteiger partial charge in [0.05, 0.1) is 11.4 Å². The van der Waals surface area contributed by atoms with E-state index in [-0.39, 0.29) is 6.04 Å². The van der Waals surface area contributed by atoms with Crippen LogP contribution in [0.25, 0.3) is 10.2 Å². The number of hydrogen-bond acceptors (Lipinski definition) is 6. The second-order valence-electron chi connectivity index (χ2n) is 5.23. The molecule has 0 radical (unpaired) electrons. The zero-order valence-electron chi connectivity index (χ0n) is 11.7. The van der Waals surface area contributed by atoms with Crippen molar-refractivity contribution in [1.29, 1.82) is 0 Å². The monoisotopic (exact) mass is 297 g/mol. The van der Waals surface area contributed by atoms with Crippen molar-refractivity contribution < 1.29 is 0 Å². The van der Waals surface area contributed by atoms with Gasteiger partial charge in [0.15, 0.2) is 0 Å². The molecule has 0 saturated carbocycles. The number of aromatic nitrogens is 4. The normalized spacial score (nSPS) is 15.1. The van der Waals surface area contributed by atoms with Gasteiger partial charge in [0.1, 0.15) is 22.8 Å². The molecule has 3 aromatic rings.